The summed E-state index contributed by atoms with van der Waals surface area (Å²) in [6.45, 7) is 8.95. The molecule has 1 fully saturated rings. The van der Waals surface area contributed by atoms with E-state index in [0.29, 0.717) is 0 Å². The van der Waals surface area contributed by atoms with E-state index in [4.69, 9.17) is 0 Å². The maximum Gasteiger partial charge on any atom is 0.123 e. The third-order valence-electron chi connectivity index (χ3n) is 4.43. The van der Waals surface area contributed by atoms with Gasteiger partial charge in [0.2, 0.25) is 0 Å². The molecule has 0 atom stereocenters. The van der Waals surface area contributed by atoms with Crippen LogP contribution in [0.1, 0.15) is 23.6 Å². The lowest BCUT2D eigenvalue weighted by atomic mass is 10.1. The molecule has 0 N–H and O–H groups in total. The maximum atomic E-state index is 13.0. The van der Waals surface area contributed by atoms with Gasteiger partial charge in [-0.3, -0.25) is 9.91 Å². The summed E-state index contributed by atoms with van der Waals surface area (Å²) in [6.07, 6.45) is 0. The zero-order chi connectivity index (χ0) is 16.9. The lowest BCUT2D eigenvalue weighted by Gasteiger charge is -2.33. The summed E-state index contributed by atoms with van der Waals surface area (Å²) >= 11 is 0. The van der Waals surface area contributed by atoms with Crippen molar-refractivity contribution in [3.05, 3.63) is 71.0 Å². The molecule has 4 heteroatoms. The van der Waals surface area contributed by atoms with Gasteiger partial charge in [-0.1, -0.05) is 42.0 Å². The molecule has 3 rings (SSSR count). The molecule has 126 valence electrons. The van der Waals surface area contributed by atoms with Crippen molar-refractivity contribution < 1.29 is 4.39 Å². The van der Waals surface area contributed by atoms with Crippen LogP contribution in [0.4, 0.5) is 4.39 Å². The van der Waals surface area contributed by atoms with Crippen molar-refractivity contribution in [3.8, 4) is 0 Å². The smallest absolute Gasteiger partial charge is 0.123 e. The van der Waals surface area contributed by atoms with Gasteiger partial charge in [-0.25, -0.2) is 4.39 Å². The number of rotatable bonds is 4. The molecule has 0 spiro atoms. The fourth-order valence-corrected chi connectivity index (χ4v) is 2.91. The Bertz CT molecular complexity index is 684. The average Bonchev–Trinajstić information content (AvgIpc) is 2.59. The van der Waals surface area contributed by atoms with Gasteiger partial charge in [0.15, 0.2) is 0 Å². The molecule has 2 aromatic rings. The van der Waals surface area contributed by atoms with Crippen LogP contribution < -0.4 is 0 Å². The molecule has 1 aliphatic rings. The first-order valence-corrected chi connectivity index (χ1v) is 8.44. The first kappa shape index (κ1) is 16.7. The highest BCUT2D eigenvalue weighted by Crippen LogP contribution is 2.11. The molecule has 0 amide bonds. The van der Waals surface area contributed by atoms with Gasteiger partial charge in [0.25, 0.3) is 0 Å². The van der Waals surface area contributed by atoms with Gasteiger partial charge in [0.1, 0.15) is 5.82 Å². The van der Waals surface area contributed by atoms with E-state index in [1.54, 1.807) is 12.1 Å². The van der Waals surface area contributed by atoms with Gasteiger partial charge in [-0.15, -0.1) is 0 Å². The second-order valence-electron chi connectivity index (χ2n) is 6.41. The molecule has 0 radical (unpaired) electrons. The Balaban J connectivity index is 1.53. The Morgan fingerprint density at radius 2 is 1.58 bits per heavy atom. The highest BCUT2D eigenvalue weighted by atomic mass is 19.1. The number of halogens is 1. The number of hydrazone groups is 1. The van der Waals surface area contributed by atoms with Crippen LogP contribution in [0.2, 0.25) is 0 Å². The molecular formula is C20H24FN3. The normalized spacial score (nSPS) is 16.5. The largest absolute Gasteiger partial charge is 0.295 e. The van der Waals surface area contributed by atoms with E-state index in [1.165, 1.54) is 23.3 Å². The summed E-state index contributed by atoms with van der Waals surface area (Å²) < 4.78 is 13.0. The molecule has 0 saturated carbocycles. The topological polar surface area (TPSA) is 18.8 Å². The highest BCUT2D eigenvalue weighted by Gasteiger charge is 2.16. The predicted octanol–water partition coefficient (Wildman–Crippen LogP) is 3.68. The fraction of sp³-hybridized carbons (Fsp3) is 0.350. The van der Waals surface area contributed by atoms with Gasteiger partial charge in [-0.05, 0) is 37.1 Å². The second-order valence-corrected chi connectivity index (χ2v) is 6.41. The minimum absolute atomic E-state index is 0.212. The lowest BCUT2D eigenvalue weighted by molar-refractivity contribution is 0.130. The van der Waals surface area contributed by atoms with E-state index in [2.05, 4.69) is 46.2 Å². The van der Waals surface area contributed by atoms with Crippen molar-refractivity contribution in [3.63, 3.8) is 0 Å². The van der Waals surface area contributed by atoms with E-state index in [1.807, 2.05) is 6.92 Å². The monoisotopic (exact) mass is 325 g/mol. The van der Waals surface area contributed by atoms with Crippen LogP contribution in [0.3, 0.4) is 0 Å². The van der Waals surface area contributed by atoms with Crippen molar-refractivity contribution >= 4 is 5.71 Å². The summed E-state index contributed by atoms with van der Waals surface area (Å²) in [4.78, 5) is 2.46. The zero-order valence-electron chi connectivity index (χ0n) is 14.4. The van der Waals surface area contributed by atoms with E-state index in [-0.39, 0.29) is 5.82 Å². The van der Waals surface area contributed by atoms with Crippen molar-refractivity contribution in [2.75, 3.05) is 26.2 Å². The molecule has 0 unspecified atom stereocenters. The minimum Gasteiger partial charge on any atom is -0.295 e. The Hall–Kier alpha value is -2.20. The Morgan fingerprint density at radius 1 is 0.958 bits per heavy atom. The van der Waals surface area contributed by atoms with Crippen LogP contribution in [0.5, 0.6) is 0 Å². The van der Waals surface area contributed by atoms with Gasteiger partial charge < -0.3 is 0 Å². The third kappa shape index (κ3) is 4.42. The van der Waals surface area contributed by atoms with E-state index < -0.39 is 0 Å². The first-order valence-electron chi connectivity index (χ1n) is 8.44. The summed E-state index contributed by atoms with van der Waals surface area (Å²) in [5, 5.41) is 6.81. The summed E-state index contributed by atoms with van der Waals surface area (Å²) in [5.74, 6) is -0.212. The maximum absolute atomic E-state index is 13.0. The summed E-state index contributed by atoms with van der Waals surface area (Å²) in [5.41, 5.74) is 4.56. The van der Waals surface area contributed by atoms with Gasteiger partial charge in [-0.2, -0.15) is 5.10 Å². The van der Waals surface area contributed by atoms with E-state index >= 15 is 0 Å². The lowest BCUT2D eigenvalue weighted by Crippen LogP contribution is -2.43. The molecule has 1 saturated heterocycles. The number of hydrogen-bond acceptors (Lipinski definition) is 3. The first-order chi connectivity index (χ1) is 11.6. The van der Waals surface area contributed by atoms with Crippen LogP contribution in [0, 0.1) is 12.7 Å². The number of piperazine rings is 1. The zero-order valence-corrected chi connectivity index (χ0v) is 14.4. The van der Waals surface area contributed by atoms with Crippen LogP contribution in [-0.2, 0) is 6.54 Å². The van der Waals surface area contributed by atoms with Crippen molar-refractivity contribution in [1.82, 2.24) is 9.91 Å². The number of nitrogens with zero attached hydrogens (tertiary/aromatic N) is 3. The van der Waals surface area contributed by atoms with E-state index in [0.717, 1.165) is 44.0 Å². The van der Waals surface area contributed by atoms with Crippen molar-refractivity contribution in [2.45, 2.75) is 20.4 Å². The Morgan fingerprint density at radius 3 is 2.21 bits per heavy atom. The van der Waals surface area contributed by atoms with Crippen LogP contribution in [-0.4, -0.2) is 41.8 Å². The summed E-state index contributed by atoms with van der Waals surface area (Å²) in [6, 6.07) is 15.3. The highest BCUT2D eigenvalue weighted by molar-refractivity contribution is 5.98. The molecule has 1 aliphatic heterocycles. The van der Waals surface area contributed by atoms with Crippen LogP contribution >= 0.6 is 0 Å². The Kier molecular flexibility index (Phi) is 5.26. The van der Waals surface area contributed by atoms with Crippen molar-refractivity contribution in [2.24, 2.45) is 5.10 Å². The van der Waals surface area contributed by atoms with Crippen LogP contribution in [0.15, 0.2) is 53.6 Å². The number of hydrogen-bond donors (Lipinski definition) is 0. The standard InChI is InChI=1S/C20H24FN3/c1-16-3-5-18(6-4-16)15-23-11-13-24(14-12-23)22-17(2)19-7-9-20(21)10-8-19/h3-10H,11-15H2,1-2H3/b22-17+. The van der Waals surface area contributed by atoms with Crippen LogP contribution in [0.25, 0.3) is 0 Å². The predicted molar refractivity (Wildman–Crippen MR) is 96.6 cm³/mol. The molecule has 3 nitrogen and oxygen atoms in total. The quantitative estimate of drug-likeness (QED) is 0.799. The molecule has 1 heterocycles. The SMILES string of the molecule is C/C(=N\N1CCN(Cc2ccc(C)cc2)CC1)c1ccc(F)cc1. The molecule has 0 aliphatic carbocycles. The second kappa shape index (κ2) is 7.58. The number of benzene rings is 2. The fourth-order valence-electron chi connectivity index (χ4n) is 2.91. The van der Waals surface area contributed by atoms with E-state index in [9.17, 15) is 4.39 Å². The molecule has 0 aromatic heterocycles. The minimum atomic E-state index is -0.212. The Labute approximate surface area is 143 Å². The summed E-state index contributed by atoms with van der Waals surface area (Å²) in [7, 11) is 0. The third-order valence-corrected chi connectivity index (χ3v) is 4.43. The molecule has 2 aromatic carbocycles. The average molecular weight is 325 g/mol. The van der Waals surface area contributed by atoms with Gasteiger partial charge in [0, 0.05) is 32.7 Å². The van der Waals surface area contributed by atoms with Crippen molar-refractivity contribution in [1.29, 1.82) is 0 Å². The molecular weight excluding hydrogens is 301 g/mol. The van der Waals surface area contributed by atoms with Gasteiger partial charge >= 0.3 is 0 Å². The van der Waals surface area contributed by atoms with Gasteiger partial charge in [0.05, 0.1) is 5.71 Å². The molecule has 24 heavy (non-hydrogen) atoms. The molecule has 0 bridgehead atoms. The number of aryl methyl sites for hydroxylation is 1.